The minimum atomic E-state index is -0.263. The van der Waals surface area contributed by atoms with E-state index in [-0.39, 0.29) is 17.5 Å². The lowest BCUT2D eigenvalue weighted by atomic mass is 10.0. The second-order valence-corrected chi connectivity index (χ2v) is 8.60. The van der Waals surface area contributed by atoms with Crippen LogP contribution in [0.2, 0.25) is 0 Å². The molecule has 1 aliphatic heterocycles. The van der Waals surface area contributed by atoms with Crippen LogP contribution >= 0.6 is 0 Å². The van der Waals surface area contributed by atoms with Gasteiger partial charge in [-0.2, -0.15) is 0 Å². The highest BCUT2D eigenvalue weighted by Crippen LogP contribution is 2.31. The van der Waals surface area contributed by atoms with Gasteiger partial charge in [-0.25, -0.2) is 4.68 Å². The van der Waals surface area contributed by atoms with Crippen molar-refractivity contribution in [2.75, 3.05) is 33.3 Å². The van der Waals surface area contributed by atoms with Crippen molar-refractivity contribution in [2.45, 2.75) is 32.4 Å². The van der Waals surface area contributed by atoms with Crippen molar-refractivity contribution in [3.63, 3.8) is 0 Å². The molecule has 1 fully saturated rings. The Morgan fingerprint density at radius 3 is 2.39 bits per heavy atom. The molecule has 0 unspecified atom stereocenters. The van der Waals surface area contributed by atoms with Crippen molar-refractivity contribution in [1.29, 1.82) is 0 Å². The van der Waals surface area contributed by atoms with Crippen LogP contribution in [0.1, 0.15) is 48.8 Å². The number of aromatic nitrogens is 4. The van der Waals surface area contributed by atoms with E-state index < -0.39 is 0 Å². The molecule has 3 heterocycles. The molecule has 0 N–H and O–H groups in total. The van der Waals surface area contributed by atoms with Crippen LogP contribution < -0.4 is 4.74 Å². The van der Waals surface area contributed by atoms with Gasteiger partial charge in [-0.05, 0) is 61.0 Å². The number of rotatable bonds is 5. The second kappa shape index (κ2) is 8.50. The number of hydrogen-bond donors (Lipinski definition) is 0. The zero-order valence-electron chi connectivity index (χ0n) is 18.4. The molecule has 1 atom stereocenters. The molecule has 3 aromatic rings. The topological polar surface area (TPSA) is 89.5 Å². The monoisotopic (exact) mass is 424 g/mol. The fourth-order valence-corrected chi connectivity index (χ4v) is 3.89. The molecule has 0 spiro atoms. The summed E-state index contributed by atoms with van der Waals surface area (Å²) in [6, 6.07) is 11.3. The highest BCUT2D eigenvalue weighted by molar-refractivity contribution is 5.91. The molecule has 2 aromatic heterocycles. The highest BCUT2D eigenvalue weighted by Gasteiger charge is 2.34. The summed E-state index contributed by atoms with van der Waals surface area (Å²) in [5.74, 6) is 1.87. The van der Waals surface area contributed by atoms with E-state index in [4.69, 9.17) is 9.15 Å². The van der Waals surface area contributed by atoms with Gasteiger partial charge >= 0.3 is 0 Å². The van der Waals surface area contributed by atoms with E-state index >= 15 is 0 Å². The van der Waals surface area contributed by atoms with Crippen LogP contribution in [0.3, 0.4) is 0 Å². The summed E-state index contributed by atoms with van der Waals surface area (Å²) in [4.78, 5) is 16.8. The SMILES string of the molecule is COc1ccc([C@@H](c2nnnn2C(C)(C)C)N2CCN(C(=O)c3ccco3)CC2)cc1. The third-order valence-electron chi connectivity index (χ3n) is 5.50. The smallest absolute Gasteiger partial charge is 0.289 e. The number of methoxy groups -OCH3 is 1. The number of nitrogens with zero attached hydrogens (tertiary/aromatic N) is 6. The zero-order chi connectivity index (χ0) is 22.0. The molecule has 0 bridgehead atoms. The maximum Gasteiger partial charge on any atom is 0.289 e. The van der Waals surface area contributed by atoms with E-state index in [1.165, 1.54) is 6.26 Å². The van der Waals surface area contributed by atoms with Crippen molar-refractivity contribution in [3.05, 3.63) is 59.8 Å². The van der Waals surface area contributed by atoms with Gasteiger partial charge in [0.2, 0.25) is 0 Å². The standard InChI is InChI=1S/C22H28N6O3/c1-22(2,3)28-20(23-24-25-28)19(16-7-9-17(30-4)10-8-16)26-11-13-27(14-12-26)21(29)18-6-5-15-31-18/h5-10,15,19H,11-14H2,1-4H3/t19-/m0/s1. The molecule has 31 heavy (non-hydrogen) atoms. The number of ether oxygens (including phenoxy) is 1. The Morgan fingerprint density at radius 2 is 1.81 bits per heavy atom. The Morgan fingerprint density at radius 1 is 1.10 bits per heavy atom. The predicted molar refractivity (Wildman–Crippen MR) is 114 cm³/mol. The van der Waals surface area contributed by atoms with Gasteiger partial charge in [0.15, 0.2) is 11.6 Å². The van der Waals surface area contributed by atoms with E-state index in [2.05, 4.69) is 41.2 Å². The van der Waals surface area contributed by atoms with Crippen LogP contribution in [0, 0.1) is 0 Å². The van der Waals surface area contributed by atoms with Gasteiger partial charge < -0.3 is 14.1 Å². The van der Waals surface area contributed by atoms with Gasteiger partial charge in [0.1, 0.15) is 5.75 Å². The Kier molecular flexibility index (Phi) is 5.77. The molecular formula is C22H28N6O3. The Bertz CT molecular complexity index is 999. The van der Waals surface area contributed by atoms with Crippen molar-refractivity contribution >= 4 is 5.91 Å². The van der Waals surface area contributed by atoms with Gasteiger partial charge in [0.05, 0.1) is 25.0 Å². The Labute approximate surface area is 181 Å². The first kappa shape index (κ1) is 21.0. The average Bonchev–Trinajstić information content (AvgIpc) is 3.47. The van der Waals surface area contributed by atoms with Crippen molar-refractivity contribution in [1.82, 2.24) is 30.0 Å². The van der Waals surface area contributed by atoms with Crippen molar-refractivity contribution in [2.24, 2.45) is 0 Å². The van der Waals surface area contributed by atoms with Gasteiger partial charge in [0, 0.05) is 26.2 Å². The van der Waals surface area contributed by atoms with Crippen molar-refractivity contribution in [3.8, 4) is 5.75 Å². The summed E-state index contributed by atoms with van der Waals surface area (Å²) in [6.45, 7) is 8.83. The second-order valence-electron chi connectivity index (χ2n) is 8.60. The average molecular weight is 425 g/mol. The third-order valence-corrected chi connectivity index (χ3v) is 5.50. The summed E-state index contributed by atoms with van der Waals surface area (Å²) in [5.41, 5.74) is 0.813. The first-order valence-corrected chi connectivity index (χ1v) is 10.4. The number of tetrazole rings is 1. The normalized spacial score (nSPS) is 16.3. The first-order valence-electron chi connectivity index (χ1n) is 10.4. The molecule has 9 nitrogen and oxygen atoms in total. The summed E-state index contributed by atoms with van der Waals surface area (Å²) in [7, 11) is 1.65. The number of amides is 1. The summed E-state index contributed by atoms with van der Waals surface area (Å²) >= 11 is 0. The molecule has 4 rings (SSSR count). The maximum atomic E-state index is 12.7. The van der Waals surface area contributed by atoms with Gasteiger partial charge in [-0.15, -0.1) is 5.10 Å². The Balaban J connectivity index is 1.61. The lowest BCUT2D eigenvalue weighted by molar-refractivity contribution is 0.0556. The lowest BCUT2D eigenvalue weighted by Crippen LogP contribution is -2.50. The molecule has 0 radical (unpaired) electrons. The number of carbonyl (C=O) groups excluding carboxylic acids is 1. The number of benzene rings is 1. The van der Waals surface area contributed by atoms with E-state index in [1.807, 2.05) is 33.8 Å². The molecule has 0 aliphatic carbocycles. The van der Waals surface area contributed by atoms with Crippen LogP contribution in [0.4, 0.5) is 0 Å². The van der Waals surface area contributed by atoms with E-state index in [0.717, 1.165) is 17.1 Å². The zero-order valence-corrected chi connectivity index (χ0v) is 18.4. The van der Waals surface area contributed by atoms with Crippen LogP contribution in [-0.4, -0.2) is 69.2 Å². The van der Waals surface area contributed by atoms with Gasteiger partial charge in [0.25, 0.3) is 5.91 Å². The van der Waals surface area contributed by atoms with Crippen LogP contribution in [-0.2, 0) is 5.54 Å². The third kappa shape index (κ3) is 4.32. The molecular weight excluding hydrogens is 396 g/mol. The van der Waals surface area contributed by atoms with Crippen LogP contribution in [0.25, 0.3) is 0 Å². The van der Waals surface area contributed by atoms with Crippen LogP contribution in [0.15, 0.2) is 47.1 Å². The molecule has 1 saturated heterocycles. The van der Waals surface area contributed by atoms with E-state index in [0.29, 0.717) is 31.9 Å². The molecule has 164 valence electrons. The summed E-state index contributed by atoms with van der Waals surface area (Å²) in [5, 5.41) is 12.6. The molecule has 0 saturated carbocycles. The lowest BCUT2D eigenvalue weighted by Gasteiger charge is -2.39. The number of furan rings is 1. The summed E-state index contributed by atoms with van der Waals surface area (Å²) < 4.78 is 12.5. The molecule has 1 amide bonds. The van der Waals surface area contributed by atoms with Gasteiger partial charge in [-0.1, -0.05) is 12.1 Å². The Hall–Kier alpha value is -3.20. The molecule has 1 aromatic carbocycles. The summed E-state index contributed by atoms with van der Waals surface area (Å²) in [6.07, 6.45) is 1.52. The fraction of sp³-hybridized carbons (Fsp3) is 0.455. The molecule has 1 aliphatic rings. The minimum Gasteiger partial charge on any atom is -0.497 e. The predicted octanol–water partition coefficient (Wildman–Crippen LogP) is 2.58. The number of carbonyl (C=O) groups is 1. The van der Waals surface area contributed by atoms with E-state index in [1.54, 1.807) is 19.2 Å². The largest absolute Gasteiger partial charge is 0.497 e. The minimum absolute atomic E-state index is 0.0785. The fourth-order valence-electron chi connectivity index (χ4n) is 3.89. The molecule has 9 heteroatoms. The van der Waals surface area contributed by atoms with Crippen molar-refractivity contribution < 1.29 is 13.9 Å². The highest BCUT2D eigenvalue weighted by atomic mass is 16.5. The van der Waals surface area contributed by atoms with E-state index in [9.17, 15) is 4.79 Å². The van der Waals surface area contributed by atoms with Crippen LogP contribution in [0.5, 0.6) is 5.75 Å². The first-order chi connectivity index (χ1) is 14.9. The quantitative estimate of drug-likeness (QED) is 0.622. The maximum absolute atomic E-state index is 12.7. The van der Waals surface area contributed by atoms with Gasteiger partial charge in [-0.3, -0.25) is 9.69 Å². The number of hydrogen-bond acceptors (Lipinski definition) is 7. The number of piperazine rings is 1.